The molecule has 2 aliphatic rings. The summed E-state index contributed by atoms with van der Waals surface area (Å²) < 4.78 is 1.19. The number of nitrogens with zero attached hydrogens (tertiary/aromatic N) is 4. The molecule has 10 heteroatoms. The van der Waals surface area contributed by atoms with E-state index < -0.39 is 10.9 Å². The van der Waals surface area contributed by atoms with Gasteiger partial charge < -0.3 is 21.2 Å². The summed E-state index contributed by atoms with van der Waals surface area (Å²) >= 11 is 0. The van der Waals surface area contributed by atoms with Crippen LogP contribution in [-0.2, 0) is 11.3 Å². The predicted molar refractivity (Wildman–Crippen MR) is 83.9 cm³/mol. The third kappa shape index (κ3) is 3.97. The monoisotopic (exact) mass is 344 g/mol. The van der Waals surface area contributed by atoms with Gasteiger partial charge in [-0.05, 0) is 42.4 Å². The zero-order chi connectivity index (χ0) is 15.7. The Labute approximate surface area is 139 Å². The molecule has 0 aromatic carbocycles. The molecule has 9 nitrogen and oxygen atoms in total. The van der Waals surface area contributed by atoms with Gasteiger partial charge in [-0.2, -0.15) is 4.68 Å². The standard InChI is InChI=1S/C13H20N6O3.ClH/c14-10-4-8-2-1-3-9(5-10)12(8)16-11(20)6-18-7-15-13(17-18)19(21)22;/h7-10,12H,1-6,14H2,(H,16,20);1H. The van der Waals surface area contributed by atoms with Crippen LogP contribution >= 0.6 is 12.4 Å². The summed E-state index contributed by atoms with van der Waals surface area (Å²) in [7, 11) is 0. The molecule has 0 radical (unpaired) electrons. The van der Waals surface area contributed by atoms with Crippen molar-refractivity contribution < 1.29 is 9.72 Å². The maximum Gasteiger partial charge on any atom is 0.490 e. The van der Waals surface area contributed by atoms with E-state index in [1.54, 1.807) is 0 Å². The maximum atomic E-state index is 12.2. The minimum Gasteiger partial charge on any atom is -0.390 e. The first kappa shape index (κ1) is 17.6. The molecule has 23 heavy (non-hydrogen) atoms. The summed E-state index contributed by atoms with van der Waals surface area (Å²) in [5, 5.41) is 17.3. The first-order valence-corrected chi connectivity index (χ1v) is 7.61. The van der Waals surface area contributed by atoms with Gasteiger partial charge in [0, 0.05) is 17.2 Å². The van der Waals surface area contributed by atoms with Crippen LogP contribution in [0.5, 0.6) is 0 Å². The highest BCUT2D eigenvalue weighted by Gasteiger charge is 2.39. The van der Waals surface area contributed by atoms with Crippen molar-refractivity contribution in [1.29, 1.82) is 0 Å². The van der Waals surface area contributed by atoms with Crippen LogP contribution in [0.1, 0.15) is 32.1 Å². The number of nitrogens with two attached hydrogens (primary N) is 1. The van der Waals surface area contributed by atoms with E-state index in [0.717, 1.165) is 25.7 Å². The van der Waals surface area contributed by atoms with Crippen LogP contribution in [0.4, 0.5) is 5.95 Å². The lowest BCUT2D eigenvalue weighted by atomic mass is 9.67. The second kappa shape index (κ2) is 7.22. The summed E-state index contributed by atoms with van der Waals surface area (Å²) in [6.07, 6.45) is 6.51. The summed E-state index contributed by atoms with van der Waals surface area (Å²) in [6, 6.07) is 0.404. The number of carbonyl (C=O) groups is 1. The van der Waals surface area contributed by atoms with E-state index in [1.807, 2.05) is 0 Å². The van der Waals surface area contributed by atoms with Gasteiger partial charge in [-0.3, -0.25) is 4.79 Å². The number of amides is 1. The predicted octanol–water partition coefficient (Wildman–Crippen LogP) is 0.630. The van der Waals surface area contributed by atoms with Crippen LogP contribution in [0.3, 0.4) is 0 Å². The van der Waals surface area contributed by atoms with Gasteiger partial charge in [0.1, 0.15) is 6.54 Å². The molecule has 1 aromatic heterocycles. The zero-order valence-corrected chi connectivity index (χ0v) is 13.4. The van der Waals surface area contributed by atoms with E-state index in [-0.39, 0.29) is 36.9 Å². The fraction of sp³-hybridized carbons (Fsp3) is 0.769. The lowest BCUT2D eigenvalue weighted by Gasteiger charge is -2.45. The van der Waals surface area contributed by atoms with Crippen LogP contribution in [0.2, 0.25) is 0 Å². The smallest absolute Gasteiger partial charge is 0.390 e. The van der Waals surface area contributed by atoms with Gasteiger partial charge >= 0.3 is 5.95 Å². The largest absolute Gasteiger partial charge is 0.490 e. The Morgan fingerprint density at radius 1 is 1.43 bits per heavy atom. The van der Waals surface area contributed by atoms with Gasteiger partial charge in [-0.15, -0.1) is 12.4 Å². The summed E-state index contributed by atoms with van der Waals surface area (Å²) in [5.74, 6) is 0.207. The van der Waals surface area contributed by atoms with Crippen LogP contribution < -0.4 is 11.1 Å². The molecule has 128 valence electrons. The molecular formula is C13H21ClN6O3. The Bertz CT molecular complexity index is 566. The highest BCUT2D eigenvalue weighted by Crippen LogP contribution is 2.39. The Hall–Kier alpha value is -1.74. The Morgan fingerprint density at radius 2 is 2.09 bits per heavy atom. The molecule has 1 aromatic rings. The average Bonchev–Trinajstić information content (AvgIpc) is 2.88. The van der Waals surface area contributed by atoms with Crippen molar-refractivity contribution in [3.05, 3.63) is 16.4 Å². The van der Waals surface area contributed by atoms with Gasteiger partial charge in [0.2, 0.25) is 12.2 Å². The molecule has 3 rings (SSSR count). The van der Waals surface area contributed by atoms with Crippen molar-refractivity contribution >= 4 is 24.3 Å². The van der Waals surface area contributed by atoms with Crippen LogP contribution in [0, 0.1) is 22.0 Å². The second-order valence-corrected chi connectivity index (χ2v) is 6.28. The highest BCUT2D eigenvalue weighted by atomic mass is 35.5. The number of hydrogen-bond acceptors (Lipinski definition) is 6. The minimum absolute atomic E-state index is 0. The molecule has 2 atom stereocenters. The van der Waals surface area contributed by atoms with E-state index in [4.69, 9.17) is 5.73 Å². The number of carbonyl (C=O) groups excluding carboxylic acids is 1. The number of nitrogens with one attached hydrogen (secondary N) is 1. The number of hydrogen-bond donors (Lipinski definition) is 2. The number of nitro groups is 1. The minimum atomic E-state index is -0.679. The fourth-order valence-corrected chi connectivity index (χ4v) is 3.85. The Morgan fingerprint density at radius 3 is 2.65 bits per heavy atom. The van der Waals surface area contributed by atoms with E-state index in [0.29, 0.717) is 11.8 Å². The van der Waals surface area contributed by atoms with Crippen molar-refractivity contribution in [2.45, 2.75) is 50.7 Å². The molecule has 0 aliphatic heterocycles. The van der Waals surface area contributed by atoms with Crippen molar-refractivity contribution in [3.8, 4) is 0 Å². The molecule has 2 saturated carbocycles. The molecule has 1 heterocycles. The van der Waals surface area contributed by atoms with Crippen molar-refractivity contribution in [3.63, 3.8) is 0 Å². The van der Waals surface area contributed by atoms with Gasteiger partial charge in [0.05, 0.1) is 0 Å². The zero-order valence-electron chi connectivity index (χ0n) is 12.6. The first-order valence-electron chi connectivity index (χ1n) is 7.61. The molecule has 0 saturated heterocycles. The fourth-order valence-electron chi connectivity index (χ4n) is 3.85. The second-order valence-electron chi connectivity index (χ2n) is 6.28. The average molecular weight is 345 g/mol. The van der Waals surface area contributed by atoms with Gasteiger partial charge in [0.25, 0.3) is 0 Å². The molecule has 2 aliphatic carbocycles. The SMILES string of the molecule is Cl.NC1CC2CCCC(C1)C2NC(=O)Cn1cnc([N+](=O)[O-])n1. The Balaban J connectivity index is 0.00000192. The maximum absolute atomic E-state index is 12.2. The highest BCUT2D eigenvalue weighted by molar-refractivity contribution is 5.85. The third-order valence-electron chi connectivity index (χ3n) is 4.70. The lowest BCUT2D eigenvalue weighted by molar-refractivity contribution is -0.394. The van der Waals surface area contributed by atoms with E-state index in [2.05, 4.69) is 15.4 Å². The molecule has 0 spiro atoms. The summed E-state index contributed by atoms with van der Waals surface area (Å²) in [6.45, 7) is -0.0527. The van der Waals surface area contributed by atoms with Gasteiger partial charge in [0.15, 0.2) is 0 Å². The third-order valence-corrected chi connectivity index (χ3v) is 4.70. The summed E-state index contributed by atoms with van der Waals surface area (Å²) in [4.78, 5) is 25.6. The van der Waals surface area contributed by atoms with Gasteiger partial charge in [-0.25, -0.2) is 0 Å². The van der Waals surface area contributed by atoms with E-state index in [1.165, 1.54) is 17.4 Å². The quantitative estimate of drug-likeness (QED) is 0.608. The van der Waals surface area contributed by atoms with Crippen molar-refractivity contribution in [2.24, 2.45) is 17.6 Å². The number of rotatable bonds is 4. The molecule has 1 amide bonds. The van der Waals surface area contributed by atoms with E-state index >= 15 is 0 Å². The van der Waals surface area contributed by atoms with Crippen LogP contribution in [0.15, 0.2) is 6.33 Å². The Kier molecular flexibility index (Phi) is 5.53. The molecule has 2 unspecified atom stereocenters. The van der Waals surface area contributed by atoms with Crippen molar-refractivity contribution in [1.82, 2.24) is 20.1 Å². The number of aromatic nitrogens is 3. The van der Waals surface area contributed by atoms with Crippen LogP contribution in [-0.4, -0.2) is 37.7 Å². The topological polar surface area (TPSA) is 129 Å². The van der Waals surface area contributed by atoms with Crippen molar-refractivity contribution in [2.75, 3.05) is 0 Å². The lowest BCUT2D eigenvalue weighted by Crippen LogP contribution is -2.54. The number of fused-ring (bicyclic) bond motifs is 2. The summed E-state index contributed by atoms with van der Waals surface area (Å²) in [5.41, 5.74) is 6.07. The van der Waals surface area contributed by atoms with E-state index in [9.17, 15) is 14.9 Å². The van der Waals surface area contributed by atoms with Crippen LogP contribution in [0.25, 0.3) is 0 Å². The first-order chi connectivity index (χ1) is 10.5. The molecule has 3 N–H and O–H groups in total. The van der Waals surface area contributed by atoms with Gasteiger partial charge in [-0.1, -0.05) is 11.4 Å². The molecule has 2 fully saturated rings. The number of halogens is 1. The normalized spacial score (nSPS) is 29.4. The molecule has 2 bridgehead atoms. The molecular weight excluding hydrogens is 324 g/mol.